The molecule has 1 atom stereocenters. The summed E-state index contributed by atoms with van der Waals surface area (Å²) in [6.45, 7) is 5.74. The molecular weight excluding hydrogens is 314 g/mol. The Bertz CT molecular complexity index is 441. The first-order valence-electron chi connectivity index (χ1n) is 7.67. The minimum Gasteiger partial charge on any atom is -0.496 e. The van der Waals surface area contributed by atoms with Crippen molar-refractivity contribution in [3.8, 4) is 5.75 Å². The van der Waals surface area contributed by atoms with Crippen molar-refractivity contribution in [3.05, 3.63) is 28.2 Å². The van der Waals surface area contributed by atoms with Gasteiger partial charge in [-0.1, -0.05) is 32.8 Å². The third kappa shape index (κ3) is 3.37. The zero-order chi connectivity index (χ0) is 14.6. The van der Waals surface area contributed by atoms with Crippen LogP contribution in [0.15, 0.2) is 22.7 Å². The Morgan fingerprint density at radius 1 is 1.35 bits per heavy atom. The van der Waals surface area contributed by atoms with Gasteiger partial charge in [-0.3, -0.25) is 0 Å². The molecular formula is C17H26BrNO. The summed E-state index contributed by atoms with van der Waals surface area (Å²) >= 11 is 3.62. The molecule has 2 nitrogen and oxygen atoms in total. The molecule has 0 bridgehead atoms. The highest BCUT2D eigenvalue weighted by Gasteiger charge is 2.37. The second-order valence-electron chi connectivity index (χ2n) is 6.14. The lowest BCUT2D eigenvalue weighted by molar-refractivity contribution is 0.223. The lowest BCUT2D eigenvalue weighted by Crippen LogP contribution is -2.35. The van der Waals surface area contributed by atoms with E-state index in [2.05, 4.69) is 53.3 Å². The summed E-state index contributed by atoms with van der Waals surface area (Å²) < 4.78 is 6.39. The molecule has 2 rings (SSSR count). The molecule has 0 saturated heterocycles. The number of methoxy groups -OCH3 is 1. The van der Waals surface area contributed by atoms with Gasteiger partial charge in [0.05, 0.1) is 11.6 Å². The Balaban J connectivity index is 2.28. The van der Waals surface area contributed by atoms with Crippen molar-refractivity contribution in [2.24, 2.45) is 5.41 Å². The van der Waals surface area contributed by atoms with Crippen LogP contribution in [0.25, 0.3) is 0 Å². The number of nitrogens with one attached hydrogen (secondary N) is 1. The largest absolute Gasteiger partial charge is 0.496 e. The first kappa shape index (κ1) is 15.8. The van der Waals surface area contributed by atoms with E-state index in [1.807, 2.05) is 0 Å². The maximum Gasteiger partial charge on any atom is 0.133 e. The van der Waals surface area contributed by atoms with Crippen molar-refractivity contribution in [3.63, 3.8) is 0 Å². The fourth-order valence-corrected chi connectivity index (χ4v) is 3.95. The number of halogens is 1. The molecule has 1 fully saturated rings. The Labute approximate surface area is 131 Å². The fraction of sp³-hybridized carbons (Fsp3) is 0.647. The van der Waals surface area contributed by atoms with E-state index in [0.717, 1.165) is 16.8 Å². The SMILES string of the molecule is CCCNC(c1ccc(OC)c(Br)c1)C1(C)CCCC1. The standard InChI is InChI=1S/C17H26BrNO/c1-4-11-19-16(17(2)9-5-6-10-17)13-7-8-15(20-3)14(18)12-13/h7-8,12,16,19H,4-6,9-11H2,1-3H3. The third-order valence-corrected chi connectivity index (χ3v) is 5.17. The molecule has 1 aliphatic rings. The molecule has 1 aromatic carbocycles. The second kappa shape index (κ2) is 6.95. The number of benzene rings is 1. The van der Waals surface area contributed by atoms with Crippen molar-refractivity contribution in [1.82, 2.24) is 5.32 Å². The lowest BCUT2D eigenvalue weighted by atomic mass is 9.77. The molecule has 1 aliphatic carbocycles. The van der Waals surface area contributed by atoms with Crippen LogP contribution in [0.5, 0.6) is 5.75 Å². The highest BCUT2D eigenvalue weighted by Crippen LogP contribution is 2.47. The van der Waals surface area contributed by atoms with Crippen LogP contribution < -0.4 is 10.1 Å². The first-order valence-corrected chi connectivity index (χ1v) is 8.47. The van der Waals surface area contributed by atoms with Gasteiger partial charge in [0.25, 0.3) is 0 Å². The monoisotopic (exact) mass is 339 g/mol. The van der Waals surface area contributed by atoms with Crippen LogP contribution in [0.4, 0.5) is 0 Å². The van der Waals surface area contributed by atoms with Gasteiger partial charge in [0.1, 0.15) is 5.75 Å². The maximum absolute atomic E-state index is 5.34. The van der Waals surface area contributed by atoms with Crippen molar-refractivity contribution in [2.45, 2.75) is 52.0 Å². The van der Waals surface area contributed by atoms with Gasteiger partial charge in [-0.2, -0.15) is 0 Å². The van der Waals surface area contributed by atoms with E-state index in [9.17, 15) is 0 Å². The maximum atomic E-state index is 5.34. The molecule has 0 spiro atoms. The van der Waals surface area contributed by atoms with Crippen LogP contribution in [0.1, 0.15) is 57.6 Å². The van der Waals surface area contributed by atoms with E-state index in [0.29, 0.717) is 11.5 Å². The van der Waals surface area contributed by atoms with E-state index < -0.39 is 0 Å². The van der Waals surface area contributed by atoms with Gasteiger partial charge in [0.2, 0.25) is 0 Å². The highest BCUT2D eigenvalue weighted by molar-refractivity contribution is 9.10. The Morgan fingerprint density at radius 3 is 2.60 bits per heavy atom. The van der Waals surface area contributed by atoms with Crippen molar-refractivity contribution >= 4 is 15.9 Å². The third-order valence-electron chi connectivity index (χ3n) is 4.55. The molecule has 0 aliphatic heterocycles. The van der Waals surface area contributed by atoms with Crippen molar-refractivity contribution in [1.29, 1.82) is 0 Å². The summed E-state index contributed by atoms with van der Waals surface area (Å²) in [5.74, 6) is 0.902. The summed E-state index contributed by atoms with van der Waals surface area (Å²) in [5.41, 5.74) is 1.75. The van der Waals surface area contributed by atoms with Gasteiger partial charge in [-0.25, -0.2) is 0 Å². The molecule has 0 amide bonds. The molecule has 20 heavy (non-hydrogen) atoms. The molecule has 1 saturated carbocycles. The lowest BCUT2D eigenvalue weighted by Gasteiger charge is -2.35. The molecule has 0 heterocycles. The zero-order valence-corrected chi connectivity index (χ0v) is 14.4. The Morgan fingerprint density at radius 2 is 2.05 bits per heavy atom. The Hall–Kier alpha value is -0.540. The molecule has 112 valence electrons. The quantitative estimate of drug-likeness (QED) is 0.780. The summed E-state index contributed by atoms with van der Waals surface area (Å²) in [7, 11) is 1.71. The van der Waals surface area contributed by atoms with Crippen LogP contribution in [-0.4, -0.2) is 13.7 Å². The van der Waals surface area contributed by atoms with Crippen LogP contribution >= 0.6 is 15.9 Å². The highest BCUT2D eigenvalue weighted by atomic mass is 79.9. The van der Waals surface area contributed by atoms with Gasteiger partial charge in [-0.15, -0.1) is 0 Å². The molecule has 1 unspecified atom stereocenters. The van der Waals surface area contributed by atoms with Gasteiger partial charge < -0.3 is 10.1 Å². The van der Waals surface area contributed by atoms with E-state index in [4.69, 9.17) is 4.74 Å². The number of hydrogen-bond donors (Lipinski definition) is 1. The van der Waals surface area contributed by atoms with E-state index in [-0.39, 0.29) is 0 Å². The summed E-state index contributed by atoms with van der Waals surface area (Å²) in [6.07, 6.45) is 6.52. The number of ether oxygens (including phenoxy) is 1. The van der Waals surface area contributed by atoms with Crippen LogP contribution in [-0.2, 0) is 0 Å². The van der Waals surface area contributed by atoms with Gasteiger partial charge in [0, 0.05) is 6.04 Å². The molecule has 0 radical (unpaired) electrons. The molecule has 1 aromatic rings. The number of rotatable bonds is 6. The topological polar surface area (TPSA) is 21.3 Å². The second-order valence-corrected chi connectivity index (χ2v) is 7.00. The average Bonchev–Trinajstić information content (AvgIpc) is 2.87. The first-order chi connectivity index (χ1) is 9.60. The summed E-state index contributed by atoms with van der Waals surface area (Å²) in [5, 5.41) is 3.77. The molecule has 0 aromatic heterocycles. The summed E-state index contributed by atoms with van der Waals surface area (Å²) in [4.78, 5) is 0. The minimum atomic E-state index is 0.378. The predicted molar refractivity (Wildman–Crippen MR) is 88.3 cm³/mol. The normalized spacial score (nSPS) is 19.0. The van der Waals surface area contributed by atoms with Crippen molar-refractivity contribution < 1.29 is 4.74 Å². The average molecular weight is 340 g/mol. The van der Waals surface area contributed by atoms with E-state index in [1.54, 1.807) is 7.11 Å². The van der Waals surface area contributed by atoms with Crippen molar-refractivity contribution in [2.75, 3.05) is 13.7 Å². The van der Waals surface area contributed by atoms with E-state index >= 15 is 0 Å². The van der Waals surface area contributed by atoms with Crippen LogP contribution in [0.3, 0.4) is 0 Å². The zero-order valence-electron chi connectivity index (χ0n) is 12.8. The van der Waals surface area contributed by atoms with Crippen LogP contribution in [0, 0.1) is 5.41 Å². The Kier molecular flexibility index (Phi) is 5.50. The van der Waals surface area contributed by atoms with Gasteiger partial charge in [0.15, 0.2) is 0 Å². The van der Waals surface area contributed by atoms with Gasteiger partial charge >= 0.3 is 0 Å². The molecule has 3 heteroatoms. The fourth-order valence-electron chi connectivity index (χ4n) is 3.39. The summed E-state index contributed by atoms with van der Waals surface area (Å²) in [6, 6.07) is 6.93. The minimum absolute atomic E-state index is 0.378. The van der Waals surface area contributed by atoms with Crippen LogP contribution in [0.2, 0.25) is 0 Å². The molecule has 1 N–H and O–H groups in total. The van der Waals surface area contributed by atoms with E-state index in [1.165, 1.54) is 37.7 Å². The van der Waals surface area contributed by atoms with Gasteiger partial charge in [-0.05, 0) is 64.8 Å². The predicted octanol–water partition coefficient (Wildman–Crippen LogP) is 5.08. The number of hydrogen-bond acceptors (Lipinski definition) is 2. The smallest absolute Gasteiger partial charge is 0.133 e.